The van der Waals surface area contributed by atoms with Crippen LogP contribution in [0.2, 0.25) is 0 Å². The molecule has 2 heteroatoms. The molecule has 0 aromatic carbocycles. The van der Waals surface area contributed by atoms with Crippen molar-refractivity contribution < 1.29 is 10.2 Å². The molecule has 9 heavy (non-hydrogen) atoms. The Balaban J connectivity index is 3.80. The van der Waals surface area contributed by atoms with E-state index in [1.165, 1.54) is 0 Å². The van der Waals surface area contributed by atoms with E-state index in [1.807, 2.05) is 0 Å². The molecule has 0 heterocycles. The molecule has 0 rings (SSSR count). The number of hydrogen-bond acceptors (Lipinski definition) is 2. The third-order valence-electron chi connectivity index (χ3n) is 1.84. The largest absolute Gasteiger partial charge is 0.396 e. The molecule has 0 aromatic rings. The van der Waals surface area contributed by atoms with Gasteiger partial charge in [-0.25, -0.2) is 0 Å². The maximum Gasteiger partial charge on any atom is 0.0667 e. The molecule has 2 N–H and O–H groups in total. The molecular formula is C7H15O2. The lowest BCUT2D eigenvalue weighted by atomic mass is 9.89. The Labute approximate surface area is 56.5 Å². The van der Waals surface area contributed by atoms with Crippen molar-refractivity contribution in [1.29, 1.82) is 0 Å². The zero-order valence-electron chi connectivity index (χ0n) is 6.09. The highest BCUT2D eigenvalue weighted by atomic mass is 16.3. The van der Waals surface area contributed by atoms with Gasteiger partial charge in [-0.3, -0.25) is 0 Å². The highest BCUT2D eigenvalue weighted by molar-refractivity contribution is 4.78. The summed E-state index contributed by atoms with van der Waals surface area (Å²) in [6, 6.07) is 0. The zero-order valence-corrected chi connectivity index (χ0v) is 6.09. The van der Waals surface area contributed by atoms with Gasteiger partial charge < -0.3 is 10.2 Å². The van der Waals surface area contributed by atoms with Crippen LogP contribution in [0.1, 0.15) is 20.3 Å². The van der Waals surface area contributed by atoms with Crippen molar-refractivity contribution in [3.8, 4) is 0 Å². The summed E-state index contributed by atoms with van der Waals surface area (Å²) < 4.78 is 0. The second-order valence-electron chi connectivity index (χ2n) is 2.69. The smallest absolute Gasteiger partial charge is 0.0667 e. The van der Waals surface area contributed by atoms with E-state index in [9.17, 15) is 5.11 Å². The molecule has 0 amide bonds. The average Bonchev–Trinajstić information content (AvgIpc) is 1.86. The molecule has 0 saturated carbocycles. The second-order valence-corrected chi connectivity index (χ2v) is 2.69. The lowest BCUT2D eigenvalue weighted by Gasteiger charge is -2.27. The normalized spacial score (nSPS) is 21.0. The predicted molar refractivity (Wildman–Crippen MR) is 36.8 cm³/mol. The Bertz CT molecular complexity index is 79.0. The van der Waals surface area contributed by atoms with Gasteiger partial charge in [0.2, 0.25) is 0 Å². The fourth-order valence-electron chi connectivity index (χ4n) is 0.443. The molecule has 0 saturated heterocycles. The van der Waals surface area contributed by atoms with Crippen molar-refractivity contribution in [1.82, 2.24) is 0 Å². The van der Waals surface area contributed by atoms with Crippen molar-refractivity contribution in [2.24, 2.45) is 5.92 Å². The molecule has 0 aromatic heterocycles. The fraction of sp³-hybridized carbons (Fsp3) is 0.857. The molecule has 2 atom stereocenters. The van der Waals surface area contributed by atoms with Crippen molar-refractivity contribution in [3.05, 3.63) is 6.92 Å². The maximum absolute atomic E-state index is 9.37. The monoisotopic (exact) mass is 131 g/mol. The van der Waals surface area contributed by atoms with E-state index in [-0.39, 0.29) is 12.5 Å². The van der Waals surface area contributed by atoms with E-state index in [4.69, 9.17) is 5.11 Å². The minimum absolute atomic E-state index is 0.0164. The second kappa shape index (κ2) is 3.18. The van der Waals surface area contributed by atoms with Gasteiger partial charge >= 0.3 is 0 Å². The zero-order chi connectivity index (χ0) is 7.49. The van der Waals surface area contributed by atoms with Gasteiger partial charge in [0, 0.05) is 12.5 Å². The minimum atomic E-state index is -0.811. The highest BCUT2D eigenvalue weighted by Gasteiger charge is 2.24. The molecule has 2 unspecified atom stereocenters. The molecule has 0 aliphatic rings. The number of rotatable bonds is 3. The first-order valence-corrected chi connectivity index (χ1v) is 3.17. The first-order chi connectivity index (χ1) is 4.04. The van der Waals surface area contributed by atoms with Crippen molar-refractivity contribution in [2.75, 3.05) is 6.61 Å². The van der Waals surface area contributed by atoms with E-state index < -0.39 is 5.60 Å². The Morgan fingerprint density at radius 3 is 2.22 bits per heavy atom. The summed E-state index contributed by atoms with van der Waals surface area (Å²) in [6.45, 7) is 7.06. The lowest BCUT2D eigenvalue weighted by Crippen LogP contribution is -2.33. The van der Waals surface area contributed by atoms with E-state index in [0.29, 0.717) is 6.42 Å². The molecule has 0 spiro atoms. The van der Waals surface area contributed by atoms with Crippen molar-refractivity contribution >= 4 is 0 Å². The van der Waals surface area contributed by atoms with Crippen LogP contribution in [-0.2, 0) is 0 Å². The number of aliphatic hydroxyl groups excluding tert-OH is 1. The van der Waals surface area contributed by atoms with E-state index in [0.717, 1.165) is 0 Å². The van der Waals surface area contributed by atoms with Gasteiger partial charge in [-0.05, 0) is 13.3 Å². The van der Waals surface area contributed by atoms with Gasteiger partial charge in [0.1, 0.15) is 0 Å². The maximum atomic E-state index is 9.37. The predicted octanol–water partition coefficient (Wildman–Crippen LogP) is 0.590. The third kappa shape index (κ3) is 2.33. The van der Waals surface area contributed by atoms with Gasteiger partial charge in [0.25, 0.3) is 0 Å². The summed E-state index contributed by atoms with van der Waals surface area (Å²) >= 11 is 0. The van der Waals surface area contributed by atoms with Gasteiger partial charge in [-0.2, -0.15) is 0 Å². The van der Waals surface area contributed by atoms with Crippen LogP contribution in [0.25, 0.3) is 0 Å². The Hall–Kier alpha value is -0.0800. The van der Waals surface area contributed by atoms with Crippen molar-refractivity contribution in [2.45, 2.75) is 25.9 Å². The van der Waals surface area contributed by atoms with Crippen LogP contribution in [0.5, 0.6) is 0 Å². The van der Waals surface area contributed by atoms with Gasteiger partial charge in [0.05, 0.1) is 5.60 Å². The van der Waals surface area contributed by atoms with E-state index >= 15 is 0 Å². The summed E-state index contributed by atoms with van der Waals surface area (Å²) in [5.41, 5.74) is -0.811. The van der Waals surface area contributed by atoms with Crippen LogP contribution in [0.3, 0.4) is 0 Å². The standard InChI is InChI=1S/C7H15O2/c1-4-7(3,9)6(2)5-8/h6,8-9H,1,4-5H2,2-3H3. The minimum Gasteiger partial charge on any atom is -0.396 e. The van der Waals surface area contributed by atoms with Crippen LogP contribution < -0.4 is 0 Å². The molecule has 0 bridgehead atoms. The summed E-state index contributed by atoms with van der Waals surface area (Å²) in [6.07, 6.45) is 0.439. The average molecular weight is 131 g/mol. The van der Waals surface area contributed by atoms with Crippen LogP contribution >= 0.6 is 0 Å². The summed E-state index contributed by atoms with van der Waals surface area (Å²) in [5, 5.41) is 18.0. The number of hydrogen-bond donors (Lipinski definition) is 2. The summed E-state index contributed by atoms with van der Waals surface area (Å²) in [7, 11) is 0. The fourth-order valence-corrected chi connectivity index (χ4v) is 0.443. The topological polar surface area (TPSA) is 40.5 Å². The lowest BCUT2D eigenvalue weighted by molar-refractivity contribution is -0.0141. The van der Waals surface area contributed by atoms with Crippen LogP contribution in [0.4, 0.5) is 0 Å². The molecule has 1 radical (unpaired) electrons. The first-order valence-electron chi connectivity index (χ1n) is 3.17. The Morgan fingerprint density at radius 2 is 2.11 bits per heavy atom. The van der Waals surface area contributed by atoms with Gasteiger partial charge in [0.15, 0.2) is 0 Å². The van der Waals surface area contributed by atoms with Crippen LogP contribution in [0, 0.1) is 12.8 Å². The molecule has 55 valence electrons. The molecule has 0 aliphatic heterocycles. The summed E-state index contributed by atoms with van der Waals surface area (Å²) in [5.74, 6) is -0.0880. The number of aliphatic hydroxyl groups is 2. The molecule has 0 aliphatic carbocycles. The van der Waals surface area contributed by atoms with Gasteiger partial charge in [-0.1, -0.05) is 13.8 Å². The van der Waals surface area contributed by atoms with E-state index in [2.05, 4.69) is 6.92 Å². The Morgan fingerprint density at radius 1 is 1.67 bits per heavy atom. The van der Waals surface area contributed by atoms with Crippen molar-refractivity contribution in [3.63, 3.8) is 0 Å². The first kappa shape index (κ1) is 8.92. The quantitative estimate of drug-likeness (QED) is 0.588. The summed E-state index contributed by atoms with van der Waals surface area (Å²) in [4.78, 5) is 0. The van der Waals surface area contributed by atoms with E-state index in [1.54, 1.807) is 13.8 Å². The highest BCUT2D eigenvalue weighted by Crippen LogP contribution is 2.18. The van der Waals surface area contributed by atoms with Crippen LogP contribution in [-0.4, -0.2) is 22.4 Å². The molecule has 0 fully saturated rings. The van der Waals surface area contributed by atoms with Crippen LogP contribution in [0.15, 0.2) is 0 Å². The Kier molecular flexibility index (Phi) is 3.15. The SMILES string of the molecule is [CH2]CC(C)(O)C(C)CO. The molecular weight excluding hydrogens is 116 g/mol. The molecule has 2 nitrogen and oxygen atoms in total. The van der Waals surface area contributed by atoms with Gasteiger partial charge in [-0.15, -0.1) is 0 Å². The third-order valence-corrected chi connectivity index (χ3v) is 1.84.